The van der Waals surface area contributed by atoms with Crippen LogP contribution < -0.4 is 9.47 Å². The van der Waals surface area contributed by atoms with E-state index >= 15 is 0 Å². The molecule has 0 amide bonds. The van der Waals surface area contributed by atoms with Gasteiger partial charge in [-0.25, -0.2) is 0 Å². The number of hydrogen-bond acceptors (Lipinski definition) is 9. The van der Waals surface area contributed by atoms with Gasteiger partial charge in [-0.05, 0) is 42.4 Å². The molecule has 2 aromatic rings. The van der Waals surface area contributed by atoms with Crippen LogP contribution >= 0.6 is 0 Å². The van der Waals surface area contributed by atoms with E-state index in [0.717, 1.165) is 5.75 Å². The highest BCUT2D eigenvalue weighted by molar-refractivity contribution is 6.74. The molecule has 0 heterocycles. The van der Waals surface area contributed by atoms with Crippen molar-refractivity contribution in [2.45, 2.75) is 71.1 Å². The molecule has 0 fully saturated rings. The fourth-order valence-corrected chi connectivity index (χ4v) is 3.67. The third-order valence-corrected chi connectivity index (χ3v) is 10.3. The lowest BCUT2D eigenvalue weighted by molar-refractivity contribution is -0.156. The normalized spacial score (nSPS) is 12.6. The van der Waals surface area contributed by atoms with Gasteiger partial charge < -0.3 is 28.5 Å². The molecule has 0 aliphatic heterocycles. The lowest BCUT2D eigenvalue weighted by Gasteiger charge is -2.37. The number of aliphatic hydroxyl groups is 1. The molecule has 2 atom stereocenters. The minimum atomic E-state index is -4.64. The quantitative estimate of drug-likeness (QED) is 0.177. The Bertz CT molecular complexity index is 1060. The number of rotatable bonds is 12. The van der Waals surface area contributed by atoms with Crippen LogP contribution in [0.15, 0.2) is 60.7 Å². The van der Waals surface area contributed by atoms with Crippen molar-refractivity contribution in [1.29, 1.82) is 0 Å². The molecule has 0 radical (unpaired) electrons. The van der Waals surface area contributed by atoms with Crippen LogP contribution in [0.2, 0.25) is 18.1 Å². The van der Waals surface area contributed by atoms with Crippen molar-refractivity contribution in [3.8, 4) is 11.5 Å². The van der Waals surface area contributed by atoms with Crippen LogP contribution in [0.3, 0.4) is 0 Å². The monoisotopic (exact) mass is 632 g/mol. The molecule has 43 heavy (non-hydrogen) atoms. The Morgan fingerprint density at radius 2 is 1.16 bits per heavy atom. The number of esters is 2. The van der Waals surface area contributed by atoms with Crippen LogP contribution in [-0.4, -0.2) is 76.5 Å². The molecule has 9 nitrogen and oxygen atoms in total. The van der Waals surface area contributed by atoms with E-state index in [1.54, 1.807) is 12.1 Å². The zero-order valence-electron chi connectivity index (χ0n) is 25.7. The van der Waals surface area contributed by atoms with E-state index in [0.29, 0.717) is 12.4 Å². The molecule has 0 aromatic heterocycles. The summed E-state index contributed by atoms with van der Waals surface area (Å²) in [6.07, 6.45) is -6.71. The van der Waals surface area contributed by atoms with Crippen molar-refractivity contribution in [1.82, 2.24) is 0 Å². The lowest BCUT2D eigenvalue weighted by Crippen LogP contribution is -2.44. The number of halogens is 3. The minimum Gasteiger partial charge on any atom is -0.490 e. The number of ether oxygens (including phenoxy) is 4. The first-order valence-corrected chi connectivity index (χ1v) is 16.3. The van der Waals surface area contributed by atoms with Gasteiger partial charge in [-0.2, -0.15) is 13.2 Å². The summed E-state index contributed by atoms with van der Waals surface area (Å²) in [4.78, 5) is 30.6. The first-order chi connectivity index (χ1) is 19.9. The van der Waals surface area contributed by atoms with Gasteiger partial charge in [0.05, 0.1) is 13.2 Å². The van der Waals surface area contributed by atoms with Crippen molar-refractivity contribution in [3.05, 3.63) is 60.7 Å². The van der Waals surface area contributed by atoms with Crippen molar-refractivity contribution in [2.75, 3.05) is 26.4 Å². The number of carbonyl (C=O) groups excluding carboxylic acids is 3. The molecule has 2 aromatic carbocycles. The third-order valence-electron chi connectivity index (χ3n) is 5.80. The van der Waals surface area contributed by atoms with Crippen LogP contribution in [0.25, 0.3) is 0 Å². The molecule has 0 aliphatic carbocycles. The Hall–Kier alpha value is -3.42. The minimum absolute atomic E-state index is 0.119. The fraction of sp³-hybridized carbons (Fsp3) is 0.500. The van der Waals surface area contributed by atoms with Crippen molar-refractivity contribution in [2.24, 2.45) is 0 Å². The summed E-state index contributed by atoms with van der Waals surface area (Å²) in [7, 11) is -1.87. The van der Waals surface area contributed by atoms with Gasteiger partial charge in [0.2, 0.25) is 6.29 Å². The van der Waals surface area contributed by atoms with Gasteiger partial charge in [-0.15, -0.1) is 0 Å². The summed E-state index contributed by atoms with van der Waals surface area (Å²) in [6, 6.07) is 18.6. The number of alkyl halides is 3. The highest BCUT2D eigenvalue weighted by Gasteiger charge is 2.38. The van der Waals surface area contributed by atoms with E-state index in [9.17, 15) is 22.8 Å². The van der Waals surface area contributed by atoms with Crippen molar-refractivity contribution in [3.63, 3.8) is 0 Å². The van der Waals surface area contributed by atoms with E-state index < -0.39 is 39.0 Å². The van der Waals surface area contributed by atoms with Crippen LogP contribution in [0.5, 0.6) is 11.5 Å². The Morgan fingerprint density at radius 1 is 0.791 bits per heavy atom. The largest absolute Gasteiger partial charge is 0.490 e. The first-order valence-electron chi connectivity index (χ1n) is 13.4. The predicted octanol–water partition coefficient (Wildman–Crippen LogP) is 5.76. The van der Waals surface area contributed by atoms with Gasteiger partial charge in [0.25, 0.3) is 0 Å². The van der Waals surface area contributed by atoms with E-state index in [4.69, 9.17) is 33.3 Å². The van der Waals surface area contributed by atoms with E-state index in [-0.39, 0.29) is 30.8 Å². The third kappa shape index (κ3) is 20.2. The standard InChI is InChI=1S/C17H28O4Si.C11H14O4.C2HF3O/c1-14(18)21-16(12-19-15-10-8-7-9-11-15)13-20-22(5,6)17(2,3)4;1-9(13)15-11(7-12)8-14-10-5-3-2-4-6-10;3-2(4,5)1-6/h7-11,16H,12-13H2,1-6H3;2-6,11-12H,7-8H2,1H3;1H. The van der Waals surface area contributed by atoms with Gasteiger partial charge in [-0.1, -0.05) is 57.2 Å². The zero-order valence-corrected chi connectivity index (χ0v) is 26.7. The fourth-order valence-electron chi connectivity index (χ4n) is 2.64. The number of para-hydroxylation sites is 2. The van der Waals surface area contributed by atoms with Gasteiger partial charge in [0.15, 0.2) is 20.5 Å². The summed E-state index contributed by atoms with van der Waals surface area (Å²) in [6.45, 7) is 14.2. The molecule has 2 unspecified atom stereocenters. The molecule has 13 heteroatoms. The molecule has 0 bridgehead atoms. The van der Waals surface area contributed by atoms with Gasteiger partial charge in [0.1, 0.15) is 24.7 Å². The van der Waals surface area contributed by atoms with Crippen LogP contribution in [-0.2, 0) is 28.3 Å². The predicted molar refractivity (Wildman–Crippen MR) is 157 cm³/mol. The highest BCUT2D eigenvalue weighted by Crippen LogP contribution is 2.36. The Balaban J connectivity index is 0.000000722. The Kier molecular flexibility index (Phi) is 18.1. The summed E-state index contributed by atoms with van der Waals surface area (Å²) >= 11 is 0. The maximum Gasteiger partial charge on any atom is 0.446 e. The summed E-state index contributed by atoms with van der Waals surface area (Å²) in [5.74, 6) is 0.696. The van der Waals surface area contributed by atoms with Crippen LogP contribution in [0.4, 0.5) is 13.2 Å². The Morgan fingerprint density at radius 3 is 1.49 bits per heavy atom. The second-order valence-corrected chi connectivity index (χ2v) is 15.4. The number of aliphatic hydroxyl groups excluding tert-OH is 1. The molecule has 0 saturated heterocycles. The number of hydrogen-bond donors (Lipinski definition) is 1. The smallest absolute Gasteiger partial charge is 0.446 e. The van der Waals surface area contributed by atoms with E-state index in [2.05, 4.69) is 33.9 Å². The zero-order chi connectivity index (χ0) is 33.1. The molecule has 1 N–H and O–H groups in total. The summed E-state index contributed by atoms with van der Waals surface area (Å²) in [5.41, 5.74) is 0. The van der Waals surface area contributed by atoms with E-state index in [1.807, 2.05) is 48.5 Å². The molecular formula is C30H43F3O9Si. The number of carbonyl (C=O) groups is 3. The maximum absolute atomic E-state index is 11.3. The highest BCUT2D eigenvalue weighted by atomic mass is 28.4. The number of benzene rings is 2. The van der Waals surface area contributed by atoms with Gasteiger partial charge in [0, 0.05) is 13.8 Å². The molecule has 2 rings (SSSR count). The second kappa shape index (κ2) is 19.7. The molecule has 242 valence electrons. The lowest BCUT2D eigenvalue weighted by atomic mass is 10.2. The molecular weight excluding hydrogens is 589 g/mol. The summed E-state index contributed by atoms with van der Waals surface area (Å²) in [5, 5.41) is 9.01. The first kappa shape index (κ1) is 39.6. The van der Waals surface area contributed by atoms with Crippen LogP contribution in [0.1, 0.15) is 34.6 Å². The number of aldehydes is 1. The Labute approximate surface area is 252 Å². The topological polar surface area (TPSA) is 118 Å². The van der Waals surface area contributed by atoms with Gasteiger partial charge in [-0.3, -0.25) is 14.4 Å². The molecule has 0 spiro atoms. The van der Waals surface area contributed by atoms with Crippen molar-refractivity contribution < 1.29 is 56.0 Å². The molecule has 0 aliphatic rings. The average molecular weight is 633 g/mol. The molecule has 0 saturated carbocycles. The maximum atomic E-state index is 11.3. The summed E-state index contributed by atoms with van der Waals surface area (Å²) < 4.78 is 58.5. The van der Waals surface area contributed by atoms with Crippen LogP contribution in [0, 0.1) is 0 Å². The second-order valence-electron chi connectivity index (χ2n) is 10.6. The van der Waals surface area contributed by atoms with Crippen molar-refractivity contribution >= 4 is 26.5 Å². The average Bonchev–Trinajstić information content (AvgIpc) is 2.93. The van der Waals surface area contributed by atoms with E-state index in [1.165, 1.54) is 13.8 Å². The van der Waals surface area contributed by atoms with Gasteiger partial charge >= 0.3 is 18.1 Å². The SMILES string of the molecule is CC(=O)OC(CO)COc1ccccc1.CC(=O)OC(COc1ccccc1)CO[Si](C)(C)C(C)(C)C.O=CC(F)(F)F.